The van der Waals surface area contributed by atoms with E-state index in [1.54, 1.807) is 6.07 Å². The van der Waals surface area contributed by atoms with Crippen molar-refractivity contribution in [3.8, 4) is 5.75 Å². The van der Waals surface area contributed by atoms with E-state index in [-0.39, 0.29) is 0 Å². The summed E-state index contributed by atoms with van der Waals surface area (Å²) in [4.78, 5) is 4.80. The number of phenols is 1. The molecule has 1 aliphatic heterocycles. The Kier molecular flexibility index (Phi) is 3.54. The third-order valence-corrected chi connectivity index (χ3v) is 10.3. The Morgan fingerprint density at radius 1 is 1.29 bits per heavy atom. The lowest BCUT2D eigenvalue weighted by Gasteiger charge is -2.33. The second kappa shape index (κ2) is 5.11. The fraction of sp³-hybridized carbons (Fsp3) is 0.235. The van der Waals surface area contributed by atoms with E-state index < -0.39 is 8.07 Å². The van der Waals surface area contributed by atoms with Crippen LogP contribution in [0, 0.1) is 0 Å². The molecular weight excluding hydrogens is 342 g/mol. The molecule has 1 unspecified atom stereocenters. The van der Waals surface area contributed by atoms with E-state index in [9.17, 15) is 5.11 Å². The minimum Gasteiger partial charge on any atom is -0.508 e. The molecule has 0 aliphatic carbocycles. The van der Waals surface area contributed by atoms with Crippen LogP contribution < -0.4 is 20.9 Å². The van der Waals surface area contributed by atoms with Crippen molar-refractivity contribution in [1.29, 1.82) is 0 Å². The second-order valence-corrected chi connectivity index (χ2v) is 10.8. The van der Waals surface area contributed by atoms with Crippen LogP contribution in [-0.4, -0.2) is 13.2 Å². The van der Waals surface area contributed by atoms with Gasteiger partial charge in [-0.2, -0.15) is 0 Å². The number of fused-ring (bicyclic) bond motifs is 2. The molecule has 0 saturated carbocycles. The predicted molar refractivity (Wildman–Crippen MR) is 94.2 cm³/mol. The summed E-state index contributed by atoms with van der Waals surface area (Å²) in [6.07, 6.45) is 1.12. The Hall–Kier alpha value is -1.39. The van der Waals surface area contributed by atoms with E-state index in [1.807, 2.05) is 18.2 Å². The Morgan fingerprint density at radius 3 is 2.76 bits per heavy atom. The Bertz CT molecular complexity index is 833. The maximum absolute atomic E-state index is 9.92. The van der Waals surface area contributed by atoms with Gasteiger partial charge in [0.1, 0.15) is 13.8 Å². The van der Waals surface area contributed by atoms with Crippen molar-refractivity contribution in [2.75, 3.05) is 0 Å². The number of nitrogens with zero attached hydrogens (tertiary/aromatic N) is 1. The fourth-order valence-electron chi connectivity index (χ4n) is 3.31. The summed E-state index contributed by atoms with van der Waals surface area (Å²) < 4.78 is 1.08. The van der Waals surface area contributed by atoms with Crippen molar-refractivity contribution >= 4 is 46.6 Å². The number of rotatable bonds is 2. The molecule has 1 atom stereocenters. The topological polar surface area (TPSA) is 32.6 Å². The van der Waals surface area contributed by atoms with Gasteiger partial charge in [-0.1, -0.05) is 48.5 Å². The van der Waals surface area contributed by atoms with Gasteiger partial charge in [0.15, 0.2) is 0 Å². The molecular formula is C17H18BrNOSi. The lowest BCUT2D eigenvalue weighted by atomic mass is 10.2. The van der Waals surface area contributed by atoms with E-state index in [2.05, 4.69) is 42.0 Å². The average Bonchev–Trinajstić information content (AvgIpc) is 2.44. The first-order valence-electron chi connectivity index (χ1n) is 7.17. The quantitative estimate of drug-likeness (QED) is 0.820. The van der Waals surface area contributed by atoms with Crippen molar-refractivity contribution < 1.29 is 5.11 Å². The van der Waals surface area contributed by atoms with E-state index in [0.717, 1.165) is 33.2 Å². The molecule has 1 heterocycles. The first-order chi connectivity index (χ1) is 9.97. The molecule has 1 aliphatic rings. The van der Waals surface area contributed by atoms with Gasteiger partial charge in [-0.15, -0.1) is 0 Å². The molecule has 21 heavy (non-hydrogen) atoms. The highest BCUT2D eigenvalue weighted by Crippen LogP contribution is 2.25. The van der Waals surface area contributed by atoms with Gasteiger partial charge < -0.3 is 5.11 Å². The van der Waals surface area contributed by atoms with Crippen LogP contribution in [0.2, 0.25) is 12.6 Å². The summed E-state index contributed by atoms with van der Waals surface area (Å²) in [6, 6.07) is 10.8. The molecule has 2 aromatic rings. The van der Waals surface area contributed by atoms with Crippen LogP contribution in [0.1, 0.15) is 13.3 Å². The number of benzene rings is 2. The molecule has 1 N–H and O–H groups in total. The number of hydrogen-bond acceptors (Lipinski definition) is 2. The molecule has 0 spiro atoms. The molecule has 3 rings (SSSR count). The number of phenolic OH excluding ortho intramolecular Hbond substituents is 1. The summed E-state index contributed by atoms with van der Waals surface area (Å²) >= 11 is 3.73. The van der Waals surface area contributed by atoms with Gasteiger partial charge in [-0.05, 0) is 45.9 Å². The van der Waals surface area contributed by atoms with Crippen LogP contribution in [0.25, 0.3) is 6.58 Å². The highest BCUT2D eigenvalue weighted by atomic mass is 79.9. The molecule has 0 bridgehead atoms. The van der Waals surface area contributed by atoms with E-state index in [4.69, 9.17) is 4.99 Å². The van der Waals surface area contributed by atoms with Crippen LogP contribution in [-0.2, 0) is 0 Å². The molecule has 0 saturated heterocycles. The van der Waals surface area contributed by atoms with Gasteiger partial charge in [-0.25, -0.2) is 4.99 Å². The molecule has 0 amide bonds. The number of halogens is 1. The summed E-state index contributed by atoms with van der Waals surface area (Å²) in [5.41, 5.74) is 1.01. The Morgan fingerprint density at radius 2 is 2.05 bits per heavy atom. The zero-order valence-electron chi connectivity index (χ0n) is 12.3. The third-order valence-electron chi connectivity index (χ3n) is 4.32. The van der Waals surface area contributed by atoms with Crippen molar-refractivity contribution in [3.63, 3.8) is 0 Å². The van der Waals surface area contributed by atoms with Crippen LogP contribution in [0.15, 0.2) is 39.8 Å². The maximum Gasteiger partial charge on any atom is 0.122 e. The van der Waals surface area contributed by atoms with Crippen molar-refractivity contribution in [1.82, 2.24) is 0 Å². The second-order valence-electron chi connectivity index (χ2n) is 5.83. The van der Waals surface area contributed by atoms with Gasteiger partial charge in [0.25, 0.3) is 0 Å². The fourth-order valence-corrected chi connectivity index (χ4v) is 9.27. The number of aromatic hydroxyl groups is 1. The van der Waals surface area contributed by atoms with E-state index in [1.165, 1.54) is 10.4 Å². The highest BCUT2D eigenvalue weighted by Gasteiger charge is 2.38. The molecule has 0 aromatic heterocycles. The lowest BCUT2D eigenvalue weighted by Crippen LogP contribution is -2.64. The van der Waals surface area contributed by atoms with Crippen molar-refractivity contribution in [3.05, 3.63) is 45.4 Å². The Labute approximate surface area is 134 Å². The SMILES string of the molecule is C=c1ccc2c(c1Br)[Si](C)(CCC)c1cc(O)ccc1N=2. The zero-order chi connectivity index (χ0) is 15.2. The maximum atomic E-state index is 9.92. The van der Waals surface area contributed by atoms with Gasteiger partial charge >= 0.3 is 0 Å². The molecule has 2 nitrogen and oxygen atoms in total. The predicted octanol–water partition coefficient (Wildman–Crippen LogP) is 2.43. The van der Waals surface area contributed by atoms with Gasteiger partial charge in [0.05, 0.1) is 11.0 Å². The van der Waals surface area contributed by atoms with Gasteiger partial charge in [-0.3, -0.25) is 0 Å². The summed E-state index contributed by atoms with van der Waals surface area (Å²) in [7, 11) is -1.93. The molecule has 4 heteroatoms. The van der Waals surface area contributed by atoms with Crippen molar-refractivity contribution in [2.24, 2.45) is 4.99 Å². The summed E-state index contributed by atoms with van der Waals surface area (Å²) in [5, 5.41) is 14.5. The van der Waals surface area contributed by atoms with Gasteiger partial charge in [0.2, 0.25) is 0 Å². The normalized spacial score (nSPS) is 19.6. The van der Waals surface area contributed by atoms with E-state index in [0.29, 0.717) is 5.75 Å². The lowest BCUT2D eigenvalue weighted by molar-refractivity contribution is 0.476. The Balaban J connectivity index is 2.45. The minimum absolute atomic E-state index is 0.323. The highest BCUT2D eigenvalue weighted by molar-refractivity contribution is 9.10. The number of hydrogen-bond donors (Lipinski definition) is 1. The summed E-state index contributed by atoms with van der Waals surface area (Å²) in [5.74, 6) is 0.323. The van der Waals surface area contributed by atoms with E-state index >= 15 is 0 Å². The van der Waals surface area contributed by atoms with Crippen LogP contribution in [0.4, 0.5) is 5.69 Å². The van der Waals surface area contributed by atoms with Crippen LogP contribution in [0.3, 0.4) is 0 Å². The van der Waals surface area contributed by atoms with Gasteiger partial charge in [0, 0.05) is 4.47 Å². The zero-order valence-corrected chi connectivity index (χ0v) is 14.9. The molecule has 0 fully saturated rings. The van der Waals surface area contributed by atoms with Crippen molar-refractivity contribution in [2.45, 2.75) is 25.9 Å². The standard InChI is InChI=1S/C17H18BrNOSi/c1-4-9-21(3)15-10-12(20)6-8-13(15)19-14-7-5-11(2)16(18)17(14)21/h5-8,10,20H,2,4,9H2,1,3H3. The summed E-state index contributed by atoms with van der Waals surface area (Å²) in [6.45, 7) is 8.70. The third kappa shape index (κ3) is 2.17. The first-order valence-corrected chi connectivity index (χ1v) is 10.7. The minimum atomic E-state index is -1.93. The van der Waals surface area contributed by atoms with Crippen LogP contribution in [0.5, 0.6) is 5.75 Å². The average molecular weight is 360 g/mol. The molecule has 0 radical (unpaired) electrons. The molecule has 108 valence electrons. The largest absolute Gasteiger partial charge is 0.508 e. The molecule has 2 aromatic carbocycles. The monoisotopic (exact) mass is 359 g/mol. The first kappa shape index (κ1) is 14.5. The van der Waals surface area contributed by atoms with Crippen LogP contribution >= 0.6 is 15.9 Å². The smallest absolute Gasteiger partial charge is 0.122 e.